The fourth-order valence-electron chi connectivity index (χ4n) is 5.81. The number of amides is 1. The third kappa shape index (κ3) is 3.62. The van der Waals surface area contributed by atoms with Crippen molar-refractivity contribution in [3.05, 3.63) is 69.6 Å². The third-order valence-electron chi connectivity index (χ3n) is 7.65. The number of allylic oxidation sites excluding steroid dienone is 1. The maximum atomic E-state index is 13.4. The summed E-state index contributed by atoms with van der Waals surface area (Å²) in [5.41, 5.74) is 2.79. The highest BCUT2D eigenvalue weighted by Gasteiger charge is 2.51. The number of rotatable bonds is 4. The molecule has 7 heteroatoms. The van der Waals surface area contributed by atoms with Crippen molar-refractivity contribution in [2.75, 3.05) is 14.1 Å². The molecule has 0 radical (unpaired) electrons. The number of halogens is 1. The predicted octanol–water partition coefficient (Wildman–Crippen LogP) is 5.56. The lowest BCUT2D eigenvalue weighted by atomic mass is 9.58. The molecule has 2 aliphatic rings. The monoisotopic (exact) mass is 479 g/mol. The summed E-state index contributed by atoms with van der Waals surface area (Å²) in [6.07, 6.45) is 6.96. The quantitative estimate of drug-likeness (QED) is 0.533. The molecule has 178 valence electrons. The maximum absolute atomic E-state index is 13.4. The van der Waals surface area contributed by atoms with E-state index in [1.165, 1.54) is 29.0 Å². The number of hydrogen-bond donors (Lipinski definition) is 1. The number of aromatic nitrogens is 2. The first-order chi connectivity index (χ1) is 16.1. The lowest BCUT2D eigenvalue weighted by molar-refractivity contribution is -0.0687. The standard InChI is InChI=1S/C27H30FN3O2S/c1-26-15-31-16-29-24(17-8-10-19(28)11-9-17)20(31)14-18(26)6-5-7-22(26)27(2,33)23-13-12-21(34-23)25(32)30(3)4/h8-14,16,22,33H,5-7,15H2,1-4H3/t22-,26-,27+/m0/s1. The van der Waals surface area contributed by atoms with E-state index in [2.05, 4.69) is 22.6 Å². The van der Waals surface area contributed by atoms with E-state index < -0.39 is 5.60 Å². The van der Waals surface area contributed by atoms with Gasteiger partial charge in [0.25, 0.3) is 5.91 Å². The predicted molar refractivity (Wildman–Crippen MR) is 133 cm³/mol. The maximum Gasteiger partial charge on any atom is 0.263 e. The lowest BCUT2D eigenvalue weighted by Gasteiger charge is -2.51. The highest BCUT2D eigenvalue weighted by atomic mass is 32.1. The van der Waals surface area contributed by atoms with E-state index in [1.807, 2.05) is 25.4 Å². The minimum Gasteiger partial charge on any atom is -0.384 e. The molecule has 1 saturated carbocycles. The van der Waals surface area contributed by atoms with Crippen molar-refractivity contribution in [3.8, 4) is 11.3 Å². The van der Waals surface area contributed by atoms with E-state index in [0.717, 1.165) is 47.6 Å². The Morgan fingerprint density at radius 2 is 2.00 bits per heavy atom. The van der Waals surface area contributed by atoms with E-state index in [-0.39, 0.29) is 23.1 Å². The second kappa shape index (κ2) is 8.17. The van der Waals surface area contributed by atoms with Crippen molar-refractivity contribution in [3.63, 3.8) is 0 Å². The molecule has 5 nitrogen and oxygen atoms in total. The molecule has 1 amide bonds. The minimum atomic E-state index is -1.07. The number of fused-ring (bicyclic) bond motifs is 2. The van der Waals surface area contributed by atoms with Gasteiger partial charge in [-0.15, -0.1) is 11.3 Å². The molecule has 1 aliphatic heterocycles. The molecule has 3 heterocycles. The Morgan fingerprint density at radius 1 is 1.26 bits per heavy atom. The van der Waals surface area contributed by atoms with Crippen LogP contribution in [-0.2, 0) is 12.1 Å². The fourth-order valence-corrected chi connectivity index (χ4v) is 6.94. The lowest BCUT2D eigenvalue weighted by Crippen LogP contribution is -2.48. The van der Waals surface area contributed by atoms with Crippen molar-refractivity contribution in [1.82, 2.24) is 14.5 Å². The first kappa shape index (κ1) is 23.0. The summed E-state index contributed by atoms with van der Waals surface area (Å²) in [5.74, 6) is -0.313. The van der Waals surface area contributed by atoms with Crippen LogP contribution in [0.4, 0.5) is 4.39 Å². The van der Waals surface area contributed by atoms with Gasteiger partial charge >= 0.3 is 0 Å². The molecule has 34 heavy (non-hydrogen) atoms. The molecule has 1 N–H and O–H groups in total. The SMILES string of the molecule is CN(C)C(=O)c1ccc([C@](C)(O)[C@H]2CCCC3=Cc4c(-c5ccc(F)cc5)ncn4C[C@@]32C)s1. The highest BCUT2D eigenvalue weighted by molar-refractivity contribution is 7.14. The Labute approximate surface area is 203 Å². The fraction of sp³-hybridized carbons (Fsp3) is 0.407. The number of imidazole rings is 1. The summed E-state index contributed by atoms with van der Waals surface area (Å²) in [4.78, 5) is 20.1. The van der Waals surface area contributed by atoms with Crippen molar-refractivity contribution < 1.29 is 14.3 Å². The molecule has 1 fully saturated rings. The average molecular weight is 480 g/mol. The zero-order valence-corrected chi connectivity index (χ0v) is 20.8. The number of aliphatic hydroxyl groups is 1. The van der Waals surface area contributed by atoms with Crippen LogP contribution in [0.2, 0.25) is 0 Å². The Hall–Kier alpha value is -2.77. The van der Waals surface area contributed by atoms with Gasteiger partial charge in [-0.2, -0.15) is 0 Å². The van der Waals surface area contributed by atoms with E-state index in [4.69, 9.17) is 0 Å². The molecule has 0 spiro atoms. The Morgan fingerprint density at radius 3 is 2.71 bits per heavy atom. The van der Waals surface area contributed by atoms with Gasteiger partial charge in [-0.1, -0.05) is 12.5 Å². The van der Waals surface area contributed by atoms with E-state index >= 15 is 0 Å². The van der Waals surface area contributed by atoms with Crippen LogP contribution < -0.4 is 0 Å². The number of nitrogens with zero attached hydrogens (tertiary/aromatic N) is 3. The van der Waals surface area contributed by atoms with Crippen molar-refractivity contribution in [2.45, 2.75) is 45.3 Å². The van der Waals surface area contributed by atoms with Gasteiger partial charge in [0.05, 0.1) is 28.2 Å². The Bertz CT molecular complexity index is 1270. The van der Waals surface area contributed by atoms with Crippen LogP contribution in [0.1, 0.15) is 53.4 Å². The van der Waals surface area contributed by atoms with Crippen molar-refractivity contribution in [2.24, 2.45) is 11.3 Å². The Balaban J connectivity index is 1.50. The second-order valence-electron chi connectivity index (χ2n) is 10.2. The van der Waals surface area contributed by atoms with Crippen LogP contribution in [0.3, 0.4) is 0 Å². The van der Waals surface area contributed by atoms with Crippen LogP contribution >= 0.6 is 11.3 Å². The first-order valence-corrected chi connectivity index (χ1v) is 12.5. The van der Waals surface area contributed by atoms with Crippen LogP contribution in [0.5, 0.6) is 0 Å². The third-order valence-corrected chi connectivity index (χ3v) is 8.95. The zero-order chi connectivity index (χ0) is 24.3. The number of carbonyl (C=O) groups is 1. The molecular formula is C27H30FN3O2S. The number of thiophene rings is 1. The average Bonchev–Trinajstić information content (AvgIpc) is 3.44. The summed E-state index contributed by atoms with van der Waals surface area (Å²) in [7, 11) is 3.48. The normalized spacial score (nSPS) is 23.5. The summed E-state index contributed by atoms with van der Waals surface area (Å²) < 4.78 is 15.6. The zero-order valence-electron chi connectivity index (χ0n) is 20.0. The van der Waals surface area contributed by atoms with Crippen molar-refractivity contribution in [1.29, 1.82) is 0 Å². The second-order valence-corrected chi connectivity index (χ2v) is 11.2. The van der Waals surface area contributed by atoms with Crippen LogP contribution in [0.25, 0.3) is 17.3 Å². The molecule has 0 bridgehead atoms. The summed E-state index contributed by atoms with van der Waals surface area (Å²) in [5, 5.41) is 11.9. The van der Waals surface area contributed by atoms with Gasteiger partial charge in [0.2, 0.25) is 0 Å². The number of carbonyl (C=O) groups excluding carboxylic acids is 1. The van der Waals surface area contributed by atoms with Gasteiger partial charge < -0.3 is 14.6 Å². The molecule has 2 aromatic heterocycles. The smallest absolute Gasteiger partial charge is 0.263 e. The number of hydrogen-bond acceptors (Lipinski definition) is 4. The molecule has 3 atom stereocenters. The van der Waals surface area contributed by atoms with Gasteiger partial charge in [-0.05, 0) is 68.7 Å². The molecular weight excluding hydrogens is 449 g/mol. The first-order valence-electron chi connectivity index (χ1n) is 11.7. The van der Waals surface area contributed by atoms with Crippen LogP contribution in [0, 0.1) is 17.2 Å². The van der Waals surface area contributed by atoms with E-state index in [0.29, 0.717) is 4.88 Å². The molecule has 1 aliphatic carbocycles. The van der Waals surface area contributed by atoms with Crippen molar-refractivity contribution >= 4 is 23.3 Å². The molecule has 0 saturated heterocycles. The summed E-state index contributed by atoms with van der Waals surface area (Å²) >= 11 is 1.39. The molecule has 1 aromatic carbocycles. The molecule has 5 rings (SSSR count). The Kier molecular flexibility index (Phi) is 5.52. The largest absolute Gasteiger partial charge is 0.384 e. The van der Waals surface area contributed by atoms with Gasteiger partial charge in [0.15, 0.2) is 0 Å². The van der Waals surface area contributed by atoms with Crippen LogP contribution in [-0.4, -0.2) is 39.6 Å². The highest BCUT2D eigenvalue weighted by Crippen LogP contribution is 2.56. The van der Waals surface area contributed by atoms with E-state index in [9.17, 15) is 14.3 Å². The van der Waals surface area contributed by atoms with Gasteiger partial charge in [0, 0.05) is 42.4 Å². The number of benzene rings is 1. The molecule has 0 unspecified atom stereocenters. The van der Waals surface area contributed by atoms with Gasteiger partial charge in [-0.25, -0.2) is 9.37 Å². The van der Waals surface area contributed by atoms with Crippen LogP contribution in [0.15, 0.2) is 48.3 Å². The van der Waals surface area contributed by atoms with Gasteiger partial charge in [0.1, 0.15) is 5.82 Å². The topological polar surface area (TPSA) is 58.4 Å². The van der Waals surface area contributed by atoms with Gasteiger partial charge in [-0.3, -0.25) is 4.79 Å². The minimum absolute atomic E-state index is 0.00854. The van der Waals surface area contributed by atoms with E-state index in [1.54, 1.807) is 31.1 Å². The summed E-state index contributed by atoms with van der Waals surface area (Å²) in [6, 6.07) is 10.2. The summed E-state index contributed by atoms with van der Waals surface area (Å²) in [6.45, 7) is 4.87. The molecule has 3 aromatic rings.